The first-order valence-electron chi connectivity index (χ1n) is 9.86. The molecule has 1 amide bonds. The molecule has 31 heavy (non-hydrogen) atoms. The molecule has 0 radical (unpaired) electrons. The van der Waals surface area contributed by atoms with Gasteiger partial charge in [0, 0.05) is 11.5 Å². The van der Waals surface area contributed by atoms with E-state index in [0.717, 1.165) is 27.7 Å². The number of carbonyl (C=O) groups is 1. The van der Waals surface area contributed by atoms with Gasteiger partial charge in [0.2, 0.25) is 5.91 Å². The van der Waals surface area contributed by atoms with E-state index in [2.05, 4.69) is 41.5 Å². The first-order valence-corrected chi connectivity index (χ1v) is 10.7. The van der Waals surface area contributed by atoms with E-state index in [9.17, 15) is 4.79 Å². The molecule has 0 fully saturated rings. The second-order valence-corrected chi connectivity index (χ2v) is 8.60. The number of para-hydroxylation sites is 1. The topological polar surface area (TPSA) is 77.8 Å². The average Bonchev–Trinajstić information content (AvgIpc) is 3.16. The molecule has 2 aromatic heterocycles. The van der Waals surface area contributed by atoms with Gasteiger partial charge in [0.05, 0.1) is 30.7 Å². The average molecular weight is 437 g/mol. The van der Waals surface area contributed by atoms with Gasteiger partial charge in [-0.3, -0.25) is 9.20 Å². The fourth-order valence-corrected chi connectivity index (χ4v) is 4.41. The molecule has 4 aromatic rings. The molecule has 0 aliphatic rings. The van der Waals surface area contributed by atoms with E-state index in [-0.39, 0.29) is 5.91 Å². The van der Waals surface area contributed by atoms with Crippen molar-refractivity contribution in [3.8, 4) is 11.5 Å². The maximum Gasteiger partial charge on any atom is 0.237 e. The Hall–Kier alpha value is -3.26. The molecule has 0 saturated heterocycles. The Bertz CT molecular complexity index is 1290. The van der Waals surface area contributed by atoms with E-state index in [0.29, 0.717) is 22.3 Å². The fraction of sp³-hybridized carbons (Fsp3) is 0.261. The summed E-state index contributed by atoms with van der Waals surface area (Å²) in [6.45, 7) is 5.99. The predicted molar refractivity (Wildman–Crippen MR) is 123 cm³/mol. The summed E-state index contributed by atoms with van der Waals surface area (Å²) in [6, 6.07) is 13.5. The fourth-order valence-electron chi connectivity index (χ4n) is 3.55. The Morgan fingerprint density at radius 2 is 1.87 bits per heavy atom. The van der Waals surface area contributed by atoms with Crippen molar-refractivity contribution < 1.29 is 14.3 Å². The van der Waals surface area contributed by atoms with E-state index in [1.807, 2.05) is 23.5 Å². The minimum Gasteiger partial charge on any atom is -0.497 e. The van der Waals surface area contributed by atoms with Gasteiger partial charge in [-0.2, -0.15) is 0 Å². The van der Waals surface area contributed by atoms with Crippen LogP contribution < -0.4 is 14.8 Å². The van der Waals surface area contributed by atoms with Crippen molar-refractivity contribution in [2.24, 2.45) is 0 Å². The Balaban J connectivity index is 1.63. The largest absolute Gasteiger partial charge is 0.497 e. The third-order valence-corrected chi connectivity index (χ3v) is 6.25. The van der Waals surface area contributed by atoms with Crippen LogP contribution in [0.2, 0.25) is 0 Å². The van der Waals surface area contributed by atoms with Crippen LogP contribution in [0.1, 0.15) is 18.1 Å². The molecule has 0 saturated carbocycles. The number of aromatic nitrogens is 3. The highest BCUT2D eigenvalue weighted by Crippen LogP contribution is 2.32. The second-order valence-electron chi connectivity index (χ2n) is 7.29. The highest BCUT2D eigenvalue weighted by molar-refractivity contribution is 8.00. The van der Waals surface area contributed by atoms with Crippen molar-refractivity contribution in [1.82, 2.24) is 14.6 Å². The van der Waals surface area contributed by atoms with Crippen LogP contribution in [0.25, 0.3) is 16.6 Å². The van der Waals surface area contributed by atoms with Gasteiger partial charge in [0.15, 0.2) is 10.8 Å². The summed E-state index contributed by atoms with van der Waals surface area (Å²) < 4.78 is 12.6. The Labute approximate surface area is 184 Å². The van der Waals surface area contributed by atoms with Crippen molar-refractivity contribution in [3.63, 3.8) is 0 Å². The lowest BCUT2D eigenvalue weighted by Crippen LogP contribution is -2.23. The predicted octanol–water partition coefficient (Wildman–Crippen LogP) is 4.64. The maximum atomic E-state index is 12.9. The molecule has 1 atom stereocenters. The van der Waals surface area contributed by atoms with Crippen molar-refractivity contribution in [1.29, 1.82) is 0 Å². The molecule has 0 bridgehead atoms. The monoisotopic (exact) mass is 436 g/mol. The summed E-state index contributed by atoms with van der Waals surface area (Å²) in [4.78, 5) is 12.9. The third-order valence-electron chi connectivity index (χ3n) is 5.21. The number of ether oxygens (including phenoxy) is 2. The normalized spacial score (nSPS) is 12.2. The van der Waals surface area contributed by atoms with Crippen LogP contribution in [0, 0.1) is 13.8 Å². The molecule has 1 N–H and O–H groups in total. The number of anilines is 1. The van der Waals surface area contributed by atoms with Crippen LogP contribution >= 0.6 is 11.8 Å². The van der Waals surface area contributed by atoms with E-state index in [4.69, 9.17) is 9.47 Å². The molecule has 8 heteroatoms. The number of fused-ring (bicyclic) bond motifs is 3. The number of aryl methyl sites for hydroxylation is 2. The van der Waals surface area contributed by atoms with Gasteiger partial charge in [-0.25, -0.2) is 0 Å². The number of thioether (sulfide) groups is 1. The number of rotatable bonds is 6. The number of methoxy groups -OCH3 is 2. The number of hydrogen-bond acceptors (Lipinski definition) is 6. The molecule has 1 unspecified atom stereocenters. The van der Waals surface area contributed by atoms with E-state index < -0.39 is 5.25 Å². The summed E-state index contributed by atoms with van der Waals surface area (Å²) in [7, 11) is 3.14. The van der Waals surface area contributed by atoms with Crippen LogP contribution in [0.3, 0.4) is 0 Å². The van der Waals surface area contributed by atoms with Gasteiger partial charge in [-0.15, -0.1) is 10.2 Å². The minimum atomic E-state index is -0.403. The summed E-state index contributed by atoms with van der Waals surface area (Å²) in [5, 5.41) is 13.1. The molecule has 0 aliphatic carbocycles. The van der Waals surface area contributed by atoms with Crippen molar-refractivity contribution in [2.45, 2.75) is 31.2 Å². The van der Waals surface area contributed by atoms with Gasteiger partial charge in [-0.1, -0.05) is 30.0 Å². The molecule has 160 valence electrons. The number of amides is 1. The van der Waals surface area contributed by atoms with Crippen LogP contribution in [0.15, 0.2) is 47.6 Å². The second kappa shape index (κ2) is 8.47. The van der Waals surface area contributed by atoms with Crippen LogP contribution in [0.5, 0.6) is 11.5 Å². The zero-order chi connectivity index (χ0) is 22.1. The Kier molecular flexibility index (Phi) is 5.73. The molecular formula is C23H24N4O3S. The van der Waals surface area contributed by atoms with E-state index in [1.54, 1.807) is 32.4 Å². The van der Waals surface area contributed by atoms with Crippen LogP contribution in [-0.2, 0) is 4.79 Å². The molecule has 2 heterocycles. The zero-order valence-electron chi connectivity index (χ0n) is 18.1. The summed E-state index contributed by atoms with van der Waals surface area (Å²) in [6.07, 6.45) is 0. The van der Waals surface area contributed by atoms with Gasteiger partial charge < -0.3 is 14.8 Å². The van der Waals surface area contributed by atoms with Gasteiger partial charge >= 0.3 is 0 Å². The molecule has 7 nitrogen and oxygen atoms in total. The Morgan fingerprint density at radius 1 is 1.06 bits per heavy atom. The number of hydrogen-bond donors (Lipinski definition) is 1. The quantitative estimate of drug-likeness (QED) is 0.444. The van der Waals surface area contributed by atoms with Crippen molar-refractivity contribution in [2.75, 3.05) is 19.5 Å². The highest BCUT2D eigenvalue weighted by atomic mass is 32.2. The maximum absolute atomic E-state index is 12.9. The van der Waals surface area contributed by atoms with Crippen molar-refractivity contribution in [3.05, 3.63) is 53.6 Å². The zero-order valence-corrected chi connectivity index (χ0v) is 18.9. The lowest BCUT2D eigenvalue weighted by molar-refractivity contribution is -0.115. The van der Waals surface area contributed by atoms with Crippen LogP contribution in [0.4, 0.5) is 5.69 Å². The lowest BCUT2D eigenvalue weighted by atomic mass is 10.1. The molecule has 0 aliphatic heterocycles. The smallest absolute Gasteiger partial charge is 0.237 e. The summed E-state index contributed by atoms with van der Waals surface area (Å²) in [5.41, 5.74) is 4.70. The molecule has 2 aromatic carbocycles. The first-order chi connectivity index (χ1) is 14.9. The number of nitrogens with zero attached hydrogens (tertiary/aromatic N) is 3. The molecular weight excluding hydrogens is 412 g/mol. The number of nitrogens with one attached hydrogen (secondary N) is 1. The van der Waals surface area contributed by atoms with Gasteiger partial charge in [0.25, 0.3) is 0 Å². The number of benzene rings is 2. The Morgan fingerprint density at radius 3 is 2.61 bits per heavy atom. The van der Waals surface area contributed by atoms with E-state index >= 15 is 0 Å². The molecule has 4 rings (SSSR count). The highest BCUT2D eigenvalue weighted by Gasteiger charge is 2.21. The number of pyridine rings is 1. The van der Waals surface area contributed by atoms with Crippen LogP contribution in [-0.4, -0.2) is 40.0 Å². The summed E-state index contributed by atoms with van der Waals surface area (Å²) in [5.74, 6) is 1.04. The molecule has 0 spiro atoms. The van der Waals surface area contributed by atoms with E-state index in [1.165, 1.54) is 11.8 Å². The SMILES string of the molecule is COc1ccc(NC(=O)C(C)Sc2nnc3cc(C)c4cccc(C)c4n23)c(OC)c1. The summed E-state index contributed by atoms with van der Waals surface area (Å²) >= 11 is 1.37. The minimum absolute atomic E-state index is 0.154. The number of carbonyl (C=O) groups excluding carboxylic acids is 1. The first kappa shape index (κ1) is 21.0. The van der Waals surface area contributed by atoms with Gasteiger partial charge in [0.1, 0.15) is 11.5 Å². The van der Waals surface area contributed by atoms with Crippen molar-refractivity contribution >= 4 is 39.9 Å². The standard InChI is InChI=1S/C23H24N4O3S/c1-13-7-6-8-17-14(2)11-20-25-26-23(27(20)21(13)17)31-15(3)22(28)24-18-10-9-16(29-4)12-19(18)30-5/h6-12,15H,1-5H3,(H,24,28). The lowest BCUT2D eigenvalue weighted by Gasteiger charge is -2.15. The van der Waals surface area contributed by atoms with Gasteiger partial charge in [-0.05, 0) is 50.1 Å². The third kappa shape index (κ3) is 3.90.